The molecule has 3 heteroatoms. The number of hydrogen-bond acceptors (Lipinski definition) is 1. The Hall–Kier alpha value is 0.543. The molecule has 10 heavy (non-hydrogen) atoms. The fraction of sp³-hybridized carbons (Fsp3) is 0.143. The quantitative estimate of drug-likeness (QED) is 0.692. The molecular formula is C7H10BiBrO. The number of aliphatic hydroxyl groups excluding tert-OH is 1. The van der Waals surface area contributed by atoms with Crippen molar-refractivity contribution in [3.05, 3.63) is 34.3 Å². The standard InChI is InChI=1S/C7H7BrO.Bi.3H/c8-7-3-1-6(5-9)2-4-7;;;;/h1-4,9H,5H2;;;;. The first kappa shape index (κ1) is 10.5. The van der Waals surface area contributed by atoms with E-state index >= 15 is 0 Å². The van der Waals surface area contributed by atoms with Crippen LogP contribution < -0.4 is 0 Å². The van der Waals surface area contributed by atoms with Gasteiger partial charge in [0.25, 0.3) is 0 Å². The fourth-order valence-corrected chi connectivity index (χ4v) is 0.854. The van der Waals surface area contributed by atoms with Gasteiger partial charge in [-0.3, -0.25) is 0 Å². The molecule has 0 aromatic heterocycles. The molecule has 0 aliphatic carbocycles. The Morgan fingerprint density at radius 1 is 1.20 bits per heavy atom. The molecule has 1 N–H and O–H groups in total. The summed E-state index contributed by atoms with van der Waals surface area (Å²) >= 11 is 3.29. The van der Waals surface area contributed by atoms with Crippen LogP contribution in [-0.2, 0) is 6.61 Å². The minimum absolute atomic E-state index is 0. The summed E-state index contributed by atoms with van der Waals surface area (Å²) in [4.78, 5) is 0. The third kappa shape index (κ3) is 3.09. The van der Waals surface area contributed by atoms with Crippen LogP contribution in [0.3, 0.4) is 0 Å². The molecule has 0 unspecified atom stereocenters. The summed E-state index contributed by atoms with van der Waals surface area (Å²) in [6.45, 7) is 0.118. The summed E-state index contributed by atoms with van der Waals surface area (Å²) in [6, 6.07) is 7.57. The van der Waals surface area contributed by atoms with E-state index in [0.29, 0.717) is 0 Å². The van der Waals surface area contributed by atoms with Crippen LogP contribution in [0.2, 0.25) is 0 Å². The molecule has 1 rings (SSSR count). The van der Waals surface area contributed by atoms with E-state index in [9.17, 15) is 0 Å². The summed E-state index contributed by atoms with van der Waals surface area (Å²) < 4.78 is 1.04. The van der Waals surface area contributed by atoms with Crippen LogP contribution in [0, 0.1) is 0 Å². The first-order valence-electron chi connectivity index (χ1n) is 2.68. The SMILES string of the molecule is OCc1ccc(Br)cc1.[BiH3]. The van der Waals surface area contributed by atoms with E-state index in [2.05, 4.69) is 15.9 Å². The average molecular weight is 399 g/mol. The topological polar surface area (TPSA) is 20.2 Å². The molecule has 56 valence electrons. The van der Waals surface area contributed by atoms with Crippen LogP contribution in [0.4, 0.5) is 0 Å². The molecular weight excluding hydrogens is 389 g/mol. The molecule has 0 spiro atoms. The van der Waals surface area contributed by atoms with E-state index in [1.807, 2.05) is 24.3 Å². The average Bonchev–Trinajstić information content (AvgIpc) is 1.90. The molecule has 0 saturated heterocycles. The van der Waals surface area contributed by atoms with Gasteiger partial charge in [0.1, 0.15) is 0 Å². The second kappa shape index (κ2) is 5.23. The predicted octanol–water partition coefficient (Wildman–Crippen LogP) is 0.757. The number of aliphatic hydroxyl groups is 1. The Labute approximate surface area is 87.7 Å². The molecule has 1 nitrogen and oxygen atoms in total. The molecule has 0 amide bonds. The van der Waals surface area contributed by atoms with Crippen molar-refractivity contribution in [3.8, 4) is 0 Å². The van der Waals surface area contributed by atoms with Gasteiger partial charge in [0, 0.05) is 4.47 Å². The zero-order valence-corrected chi connectivity index (χ0v) is 12.6. The number of hydrogen-bond donors (Lipinski definition) is 1. The van der Waals surface area contributed by atoms with Crippen molar-refractivity contribution in [2.75, 3.05) is 0 Å². The van der Waals surface area contributed by atoms with Crippen LogP contribution in [0.15, 0.2) is 28.7 Å². The van der Waals surface area contributed by atoms with Crippen molar-refractivity contribution in [3.63, 3.8) is 0 Å². The maximum absolute atomic E-state index is 8.61. The van der Waals surface area contributed by atoms with Crippen molar-refractivity contribution >= 4 is 42.1 Å². The first-order chi connectivity index (χ1) is 4.33. The summed E-state index contributed by atoms with van der Waals surface area (Å²) in [7, 11) is 0. The van der Waals surface area contributed by atoms with E-state index in [1.54, 1.807) is 0 Å². The molecule has 0 fully saturated rings. The van der Waals surface area contributed by atoms with Gasteiger partial charge in [-0.2, -0.15) is 0 Å². The summed E-state index contributed by atoms with van der Waals surface area (Å²) in [5.41, 5.74) is 0.943. The minimum atomic E-state index is 0. The van der Waals surface area contributed by atoms with Gasteiger partial charge in [-0.1, -0.05) is 28.1 Å². The van der Waals surface area contributed by atoms with Crippen molar-refractivity contribution in [1.82, 2.24) is 0 Å². The van der Waals surface area contributed by atoms with E-state index in [1.165, 1.54) is 0 Å². The van der Waals surface area contributed by atoms with Gasteiger partial charge in [0.2, 0.25) is 0 Å². The van der Waals surface area contributed by atoms with Gasteiger partial charge in [0.05, 0.1) is 6.61 Å². The Morgan fingerprint density at radius 3 is 2.10 bits per heavy atom. The van der Waals surface area contributed by atoms with Gasteiger partial charge in [0.15, 0.2) is 0 Å². The van der Waals surface area contributed by atoms with Gasteiger partial charge >= 0.3 is 26.2 Å². The Morgan fingerprint density at radius 2 is 1.70 bits per heavy atom. The molecule has 0 atom stereocenters. The Bertz CT molecular complexity index is 185. The van der Waals surface area contributed by atoms with Crippen molar-refractivity contribution in [2.45, 2.75) is 6.61 Å². The second-order valence-corrected chi connectivity index (χ2v) is 2.70. The van der Waals surface area contributed by atoms with Gasteiger partial charge in [-0.15, -0.1) is 0 Å². The second-order valence-electron chi connectivity index (χ2n) is 1.78. The number of halogens is 1. The zero-order chi connectivity index (χ0) is 6.69. The van der Waals surface area contributed by atoms with Gasteiger partial charge in [-0.05, 0) is 17.7 Å². The molecule has 1 aromatic rings. The van der Waals surface area contributed by atoms with E-state index < -0.39 is 0 Å². The van der Waals surface area contributed by atoms with Crippen LogP contribution >= 0.6 is 15.9 Å². The predicted molar refractivity (Wildman–Crippen MR) is 50.0 cm³/mol. The molecule has 0 heterocycles. The molecule has 0 radical (unpaired) electrons. The third-order valence-corrected chi connectivity index (χ3v) is 1.62. The van der Waals surface area contributed by atoms with Crippen LogP contribution in [0.5, 0.6) is 0 Å². The summed E-state index contributed by atoms with van der Waals surface area (Å²) in [5.74, 6) is 0. The monoisotopic (exact) mass is 398 g/mol. The molecule has 0 saturated carbocycles. The Balaban J connectivity index is 0.000000810. The van der Waals surface area contributed by atoms with Crippen LogP contribution in [0.25, 0.3) is 0 Å². The normalized spacial score (nSPS) is 8.60. The molecule has 0 aliphatic rings. The van der Waals surface area contributed by atoms with Gasteiger partial charge < -0.3 is 5.11 Å². The third-order valence-electron chi connectivity index (χ3n) is 1.10. The molecule has 1 aromatic carbocycles. The van der Waals surface area contributed by atoms with E-state index in [-0.39, 0.29) is 32.8 Å². The van der Waals surface area contributed by atoms with Crippen molar-refractivity contribution < 1.29 is 5.11 Å². The van der Waals surface area contributed by atoms with Gasteiger partial charge in [-0.25, -0.2) is 0 Å². The zero-order valence-electron chi connectivity index (χ0n) is 5.55. The molecule has 0 aliphatic heterocycles. The van der Waals surface area contributed by atoms with E-state index in [4.69, 9.17) is 5.11 Å². The van der Waals surface area contributed by atoms with Crippen LogP contribution in [0.1, 0.15) is 5.56 Å². The molecule has 0 bridgehead atoms. The van der Waals surface area contributed by atoms with Crippen LogP contribution in [-0.4, -0.2) is 31.3 Å². The van der Waals surface area contributed by atoms with E-state index in [0.717, 1.165) is 10.0 Å². The number of rotatable bonds is 1. The Kier molecular flexibility index (Phi) is 5.51. The number of benzene rings is 1. The summed E-state index contributed by atoms with van der Waals surface area (Å²) in [5, 5.41) is 8.61. The van der Waals surface area contributed by atoms with Crippen molar-refractivity contribution in [1.29, 1.82) is 0 Å². The first-order valence-corrected chi connectivity index (χ1v) is 3.47. The van der Waals surface area contributed by atoms with Crippen molar-refractivity contribution in [2.24, 2.45) is 0 Å². The maximum atomic E-state index is 8.61. The fourth-order valence-electron chi connectivity index (χ4n) is 0.590. The summed E-state index contributed by atoms with van der Waals surface area (Å²) in [6.07, 6.45) is 0.